The van der Waals surface area contributed by atoms with Gasteiger partial charge in [-0.1, -0.05) is 66.2 Å². The fourth-order valence-corrected chi connectivity index (χ4v) is 3.61. The molecular formula is C22H43O4+. The zero-order valence-electron chi connectivity index (χ0n) is 17.7. The Morgan fingerprint density at radius 2 is 1.69 bits per heavy atom. The molecule has 1 fully saturated rings. The summed E-state index contributed by atoms with van der Waals surface area (Å²) in [7, 11) is 0. The maximum Gasteiger partial charge on any atom is 0.245 e. The summed E-state index contributed by atoms with van der Waals surface area (Å²) in [5.74, 6) is 1.47. The molecule has 0 radical (unpaired) electrons. The first kappa shape index (κ1) is 23.6. The minimum atomic E-state index is -0.312. The van der Waals surface area contributed by atoms with E-state index in [1.54, 1.807) is 0 Å². The van der Waals surface area contributed by atoms with E-state index in [2.05, 4.69) is 27.7 Å². The Kier molecular flexibility index (Phi) is 13.2. The van der Waals surface area contributed by atoms with Crippen molar-refractivity contribution in [1.82, 2.24) is 0 Å². The van der Waals surface area contributed by atoms with Gasteiger partial charge in [-0.3, -0.25) is 4.79 Å². The Morgan fingerprint density at radius 1 is 1.04 bits per heavy atom. The first-order valence-electron chi connectivity index (χ1n) is 11.0. The molecule has 1 aliphatic heterocycles. The average molecular weight is 372 g/mol. The number of ketones is 1. The van der Waals surface area contributed by atoms with Crippen molar-refractivity contribution in [3.63, 3.8) is 0 Å². The molecule has 0 amide bonds. The van der Waals surface area contributed by atoms with Gasteiger partial charge in [-0.05, 0) is 25.2 Å². The number of ether oxygens (including phenoxy) is 3. The molecule has 154 valence electrons. The van der Waals surface area contributed by atoms with Crippen molar-refractivity contribution in [2.45, 2.75) is 97.7 Å². The Labute approximate surface area is 161 Å². The highest BCUT2D eigenvalue weighted by Gasteiger charge is 2.41. The van der Waals surface area contributed by atoms with Crippen LogP contribution < -0.4 is 0 Å². The average Bonchev–Trinajstić information content (AvgIpc) is 3.01. The van der Waals surface area contributed by atoms with Gasteiger partial charge in [-0.15, -0.1) is 0 Å². The lowest BCUT2D eigenvalue weighted by atomic mass is 9.96. The van der Waals surface area contributed by atoms with E-state index in [0.717, 1.165) is 32.0 Å². The van der Waals surface area contributed by atoms with E-state index in [4.69, 9.17) is 14.2 Å². The third kappa shape index (κ3) is 8.96. The highest BCUT2D eigenvalue weighted by atomic mass is 16.6. The summed E-state index contributed by atoms with van der Waals surface area (Å²) in [5.41, 5.74) is 0. The molecule has 4 atom stereocenters. The van der Waals surface area contributed by atoms with Crippen LogP contribution in [0.1, 0.15) is 85.5 Å². The van der Waals surface area contributed by atoms with Gasteiger partial charge in [-0.2, -0.15) is 0 Å². The lowest BCUT2D eigenvalue weighted by molar-refractivity contribution is -0.166. The molecule has 3 unspecified atom stereocenters. The van der Waals surface area contributed by atoms with E-state index in [1.807, 2.05) is 0 Å². The van der Waals surface area contributed by atoms with E-state index in [1.165, 1.54) is 44.9 Å². The molecule has 0 aliphatic carbocycles. The van der Waals surface area contributed by atoms with Crippen molar-refractivity contribution in [3.05, 3.63) is 0 Å². The van der Waals surface area contributed by atoms with E-state index in [9.17, 15) is 4.79 Å². The summed E-state index contributed by atoms with van der Waals surface area (Å²) in [6, 6.07) is 0. The van der Waals surface area contributed by atoms with Gasteiger partial charge in [0.25, 0.3) is 0 Å². The van der Waals surface area contributed by atoms with E-state index in [0.29, 0.717) is 12.5 Å². The minimum Gasteiger partial charge on any atom is -0.423 e. The third-order valence-corrected chi connectivity index (χ3v) is 5.72. The lowest BCUT2D eigenvalue weighted by Gasteiger charge is -2.19. The smallest absolute Gasteiger partial charge is 0.245 e. The molecular weight excluding hydrogens is 328 g/mol. The summed E-state index contributed by atoms with van der Waals surface area (Å²) >= 11 is 0. The van der Waals surface area contributed by atoms with Crippen LogP contribution in [0.3, 0.4) is 0 Å². The van der Waals surface area contributed by atoms with Crippen molar-refractivity contribution in [3.8, 4) is 0 Å². The Morgan fingerprint density at radius 3 is 2.31 bits per heavy atom. The number of hydrogen-bond acceptors (Lipinski definition) is 3. The maximum atomic E-state index is 12.1. The predicted molar refractivity (Wildman–Crippen MR) is 108 cm³/mol. The first-order chi connectivity index (χ1) is 12.7. The molecule has 4 nitrogen and oxygen atoms in total. The van der Waals surface area contributed by atoms with Crippen molar-refractivity contribution in [2.75, 3.05) is 26.4 Å². The van der Waals surface area contributed by atoms with Gasteiger partial charge < -0.3 is 14.2 Å². The molecule has 1 rings (SSSR count). The van der Waals surface area contributed by atoms with Crippen molar-refractivity contribution in [2.24, 2.45) is 11.8 Å². The fraction of sp³-hybridized carbons (Fsp3) is 0.955. The van der Waals surface area contributed by atoms with Crippen LogP contribution in [0.5, 0.6) is 0 Å². The van der Waals surface area contributed by atoms with Crippen LogP contribution in [0.25, 0.3) is 0 Å². The summed E-state index contributed by atoms with van der Waals surface area (Å²) < 4.78 is 16.2. The standard InChI is InChI=1S/C22H42O4/c1-5-9-11-18(7-3)13-14-24-17-21-22(20(23)16-25-21)26-15-19(8-4)12-10-6-2/h18-19,21-22H,5-17H2,1-4H3/p+1/t18?,19?,21-,22?/m0/s1. The van der Waals surface area contributed by atoms with Gasteiger partial charge >= 0.3 is 0 Å². The topological polar surface area (TPSA) is 48.3 Å². The van der Waals surface area contributed by atoms with Crippen LogP contribution in [0.4, 0.5) is 0 Å². The van der Waals surface area contributed by atoms with Crippen molar-refractivity contribution < 1.29 is 19.0 Å². The van der Waals surface area contributed by atoms with E-state index >= 15 is 0 Å². The highest BCUT2D eigenvalue weighted by Crippen LogP contribution is 2.19. The van der Waals surface area contributed by atoms with E-state index < -0.39 is 0 Å². The van der Waals surface area contributed by atoms with E-state index in [-0.39, 0.29) is 24.6 Å². The quantitative estimate of drug-likeness (QED) is 0.292. The van der Waals surface area contributed by atoms with Gasteiger partial charge in [0.15, 0.2) is 6.10 Å². The molecule has 1 saturated heterocycles. The number of aliphatic hydroxyl groups is 2. The summed E-state index contributed by atoms with van der Waals surface area (Å²) in [4.78, 5) is 12.1. The zero-order valence-corrected chi connectivity index (χ0v) is 17.7. The van der Waals surface area contributed by atoms with Crippen LogP contribution >= 0.6 is 0 Å². The van der Waals surface area contributed by atoms with Gasteiger partial charge in [0.1, 0.15) is 13.2 Å². The molecule has 0 saturated carbocycles. The Hall–Kier alpha value is -0.450. The van der Waals surface area contributed by atoms with Crippen molar-refractivity contribution in [1.29, 1.82) is 0 Å². The molecule has 0 aromatic heterocycles. The second-order valence-electron chi connectivity index (χ2n) is 7.82. The van der Waals surface area contributed by atoms with Crippen LogP contribution in [0.2, 0.25) is 0 Å². The second kappa shape index (κ2) is 14.6. The first-order valence-corrected chi connectivity index (χ1v) is 11.0. The van der Waals surface area contributed by atoms with Crippen LogP contribution in [-0.2, 0) is 14.3 Å². The van der Waals surface area contributed by atoms with Crippen LogP contribution in [0.15, 0.2) is 0 Å². The third-order valence-electron chi connectivity index (χ3n) is 5.72. The minimum absolute atomic E-state index is 0.123. The second-order valence-corrected chi connectivity index (χ2v) is 7.82. The zero-order chi connectivity index (χ0) is 19.2. The predicted octanol–water partition coefficient (Wildman–Crippen LogP) is 4.69. The number of carbonyl (C=O) groups is 1. The van der Waals surface area contributed by atoms with Gasteiger partial charge in [0, 0.05) is 12.5 Å². The fourth-order valence-electron chi connectivity index (χ4n) is 3.61. The SMILES string of the molecule is CCCCC(CC)CCOC[C@@H]1OCC(=O)C1[OH+]CC(CC)CCCC. The van der Waals surface area contributed by atoms with Gasteiger partial charge in [0.2, 0.25) is 11.9 Å². The molecule has 1 heterocycles. The molecule has 1 N–H and O–H groups in total. The molecule has 4 heteroatoms. The monoisotopic (exact) mass is 371 g/mol. The molecule has 1 aliphatic rings. The Balaban J connectivity index is 2.30. The molecule has 0 aromatic rings. The number of unbranched alkanes of at least 4 members (excludes halogenated alkanes) is 2. The summed E-state index contributed by atoms with van der Waals surface area (Å²) in [6.45, 7) is 11.2. The maximum absolute atomic E-state index is 12.1. The number of Topliss-reactive ketones (excluding diaryl/α,β-unsaturated/α-hetero) is 1. The number of carbonyl (C=O) groups excluding carboxylic acids is 1. The molecule has 26 heavy (non-hydrogen) atoms. The largest absolute Gasteiger partial charge is 0.423 e. The van der Waals surface area contributed by atoms with Crippen LogP contribution in [0, 0.1) is 11.8 Å². The van der Waals surface area contributed by atoms with Crippen molar-refractivity contribution >= 4 is 5.78 Å². The summed E-state index contributed by atoms with van der Waals surface area (Å²) in [6.07, 6.45) is 10.5. The highest BCUT2D eigenvalue weighted by molar-refractivity contribution is 5.86. The summed E-state index contributed by atoms with van der Waals surface area (Å²) in [5, 5.41) is 0. The number of rotatable bonds is 16. The molecule has 0 aromatic carbocycles. The molecule has 0 spiro atoms. The van der Waals surface area contributed by atoms with Crippen LogP contribution in [-0.4, -0.2) is 49.2 Å². The van der Waals surface area contributed by atoms with Gasteiger partial charge in [0.05, 0.1) is 6.61 Å². The molecule has 0 bridgehead atoms. The normalized spacial score (nSPS) is 22.7. The number of hydrogen-bond donors (Lipinski definition) is 0. The lowest BCUT2D eigenvalue weighted by Crippen LogP contribution is -2.37. The Bertz CT molecular complexity index is 358. The van der Waals surface area contributed by atoms with Gasteiger partial charge in [-0.25, -0.2) is 0 Å².